The zero-order valence-electron chi connectivity index (χ0n) is 16.1. The van der Waals surface area contributed by atoms with E-state index < -0.39 is 12.0 Å². The second kappa shape index (κ2) is 8.62. The van der Waals surface area contributed by atoms with Crippen LogP contribution in [0.2, 0.25) is 0 Å². The van der Waals surface area contributed by atoms with E-state index in [9.17, 15) is 14.4 Å². The molecule has 0 saturated heterocycles. The van der Waals surface area contributed by atoms with Crippen LogP contribution in [0.3, 0.4) is 0 Å². The van der Waals surface area contributed by atoms with Crippen molar-refractivity contribution in [2.24, 2.45) is 0 Å². The minimum absolute atomic E-state index is 0.213. The van der Waals surface area contributed by atoms with Crippen molar-refractivity contribution in [3.8, 4) is 10.4 Å². The maximum Gasteiger partial charge on any atom is 0.337 e. The molecule has 1 aliphatic heterocycles. The minimum atomic E-state index is -0.483. The molecule has 4 heterocycles. The Kier molecular flexibility index (Phi) is 5.93. The molecule has 1 aliphatic rings. The summed E-state index contributed by atoms with van der Waals surface area (Å²) in [6.45, 7) is 3.68. The molecule has 3 aromatic heterocycles. The SMILES string of the molecule is CCOC(=O)C1=C(CSc2nc3scc(-c4cccs4)c3c(=O)[nH]2)NC(=O)NC1C. The predicted molar refractivity (Wildman–Crippen MR) is 119 cm³/mol. The van der Waals surface area contributed by atoms with Crippen LogP contribution in [0.5, 0.6) is 0 Å². The predicted octanol–water partition coefficient (Wildman–Crippen LogP) is 3.32. The lowest BCUT2D eigenvalue weighted by Gasteiger charge is -2.26. The van der Waals surface area contributed by atoms with Gasteiger partial charge in [-0.1, -0.05) is 17.8 Å². The summed E-state index contributed by atoms with van der Waals surface area (Å²) in [5.41, 5.74) is 1.47. The summed E-state index contributed by atoms with van der Waals surface area (Å²) >= 11 is 4.22. The average molecular weight is 463 g/mol. The van der Waals surface area contributed by atoms with Crippen LogP contribution in [0.1, 0.15) is 13.8 Å². The lowest BCUT2D eigenvalue weighted by atomic mass is 10.1. The van der Waals surface area contributed by atoms with E-state index in [1.165, 1.54) is 23.1 Å². The van der Waals surface area contributed by atoms with Gasteiger partial charge in [-0.15, -0.1) is 22.7 Å². The van der Waals surface area contributed by atoms with Crippen molar-refractivity contribution in [3.63, 3.8) is 0 Å². The van der Waals surface area contributed by atoms with Gasteiger partial charge in [-0.25, -0.2) is 14.6 Å². The van der Waals surface area contributed by atoms with E-state index in [-0.39, 0.29) is 24.0 Å². The number of urea groups is 1. The first kappa shape index (κ1) is 20.6. The molecule has 30 heavy (non-hydrogen) atoms. The second-order valence-corrected chi connectivity index (χ2v) is 9.17. The van der Waals surface area contributed by atoms with E-state index in [1.54, 1.807) is 25.2 Å². The Morgan fingerprint density at radius 2 is 2.17 bits per heavy atom. The smallest absolute Gasteiger partial charge is 0.337 e. The van der Waals surface area contributed by atoms with Crippen molar-refractivity contribution < 1.29 is 14.3 Å². The zero-order valence-corrected chi connectivity index (χ0v) is 18.6. The third-order valence-corrected chi connectivity index (χ3v) is 7.10. The summed E-state index contributed by atoms with van der Waals surface area (Å²) in [7, 11) is 0. The zero-order chi connectivity index (χ0) is 21.3. The number of fused-ring (bicyclic) bond motifs is 1. The van der Waals surface area contributed by atoms with Crippen LogP contribution in [0.4, 0.5) is 4.79 Å². The van der Waals surface area contributed by atoms with E-state index in [2.05, 4.69) is 20.6 Å². The second-order valence-electron chi connectivity index (χ2n) is 6.40. The highest BCUT2D eigenvalue weighted by Crippen LogP contribution is 2.34. The molecule has 3 N–H and O–H groups in total. The maximum atomic E-state index is 12.7. The highest BCUT2D eigenvalue weighted by atomic mass is 32.2. The number of nitrogens with one attached hydrogen (secondary N) is 3. The Balaban J connectivity index is 1.62. The van der Waals surface area contributed by atoms with Crippen LogP contribution in [-0.2, 0) is 9.53 Å². The van der Waals surface area contributed by atoms with Crippen LogP contribution in [0, 0.1) is 0 Å². The molecule has 156 valence electrons. The van der Waals surface area contributed by atoms with Crippen molar-refractivity contribution in [1.29, 1.82) is 0 Å². The average Bonchev–Trinajstić information content (AvgIpc) is 3.35. The molecule has 11 heteroatoms. The fourth-order valence-corrected chi connectivity index (χ4v) is 5.79. The van der Waals surface area contributed by atoms with Gasteiger partial charge in [0, 0.05) is 27.3 Å². The van der Waals surface area contributed by atoms with E-state index in [4.69, 9.17) is 4.74 Å². The van der Waals surface area contributed by atoms with Gasteiger partial charge in [0.05, 0.1) is 23.6 Å². The normalized spacial score (nSPS) is 16.5. The number of carbonyl (C=O) groups excluding carboxylic acids is 2. The Labute approximate surface area is 183 Å². The first-order chi connectivity index (χ1) is 14.5. The highest BCUT2D eigenvalue weighted by Gasteiger charge is 2.29. The molecule has 0 bridgehead atoms. The van der Waals surface area contributed by atoms with Crippen molar-refractivity contribution in [1.82, 2.24) is 20.6 Å². The molecule has 4 rings (SSSR count). The summed E-state index contributed by atoms with van der Waals surface area (Å²) in [5, 5.41) is 10.2. The van der Waals surface area contributed by atoms with Gasteiger partial charge in [-0.2, -0.15) is 0 Å². The number of hydrogen-bond donors (Lipinski definition) is 3. The number of nitrogens with zero attached hydrogens (tertiary/aromatic N) is 1. The van der Waals surface area contributed by atoms with Gasteiger partial charge < -0.3 is 20.4 Å². The fraction of sp³-hybridized carbons (Fsp3) is 0.263. The number of thioether (sulfide) groups is 1. The Morgan fingerprint density at radius 3 is 2.90 bits per heavy atom. The van der Waals surface area contributed by atoms with Gasteiger partial charge >= 0.3 is 12.0 Å². The van der Waals surface area contributed by atoms with Gasteiger partial charge in [0.15, 0.2) is 5.16 Å². The molecular weight excluding hydrogens is 444 g/mol. The fourth-order valence-electron chi connectivity index (χ4n) is 3.14. The molecule has 8 nitrogen and oxygen atoms in total. The number of thiophene rings is 2. The standard InChI is InChI=1S/C19H18N4O4S3/c1-3-27-17(25)13-9(2)20-18(26)21-11(13)8-30-19-22-15(24)14-10(7-29-16(14)23-19)12-5-4-6-28-12/h4-7,9H,3,8H2,1-2H3,(H2,20,21,26)(H,22,23,24). The molecule has 0 radical (unpaired) electrons. The molecule has 2 amide bonds. The number of hydrogen-bond acceptors (Lipinski definition) is 8. The van der Waals surface area contributed by atoms with Gasteiger partial charge in [-0.05, 0) is 25.3 Å². The lowest BCUT2D eigenvalue weighted by molar-refractivity contribution is -0.138. The number of rotatable bonds is 6. The number of amides is 2. The number of esters is 1. The summed E-state index contributed by atoms with van der Waals surface area (Å²) < 4.78 is 5.12. The lowest BCUT2D eigenvalue weighted by Crippen LogP contribution is -2.49. The van der Waals surface area contributed by atoms with Crippen LogP contribution >= 0.6 is 34.4 Å². The Hall–Kier alpha value is -2.63. The van der Waals surface area contributed by atoms with Crippen molar-refractivity contribution in [2.75, 3.05) is 12.4 Å². The van der Waals surface area contributed by atoms with Crippen LogP contribution in [0.15, 0.2) is 44.1 Å². The summed E-state index contributed by atoms with van der Waals surface area (Å²) in [5.74, 6) is -0.229. The molecule has 1 unspecified atom stereocenters. The summed E-state index contributed by atoms with van der Waals surface area (Å²) in [6.07, 6.45) is 0. The highest BCUT2D eigenvalue weighted by molar-refractivity contribution is 7.99. The first-order valence-electron chi connectivity index (χ1n) is 9.13. The summed E-state index contributed by atoms with van der Waals surface area (Å²) in [4.78, 5) is 46.0. The van der Waals surface area contributed by atoms with Gasteiger partial charge in [-0.3, -0.25) is 4.79 Å². The number of H-pyrrole nitrogens is 1. The molecular formula is C19H18N4O4S3. The molecule has 0 saturated carbocycles. The van der Waals surface area contributed by atoms with Gasteiger partial charge in [0.2, 0.25) is 0 Å². The quantitative estimate of drug-likeness (QED) is 0.294. The number of carbonyl (C=O) groups is 2. The third kappa shape index (κ3) is 4.00. The maximum absolute atomic E-state index is 12.7. The van der Waals surface area contributed by atoms with Crippen molar-refractivity contribution in [2.45, 2.75) is 25.0 Å². The van der Waals surface area contributed by atoms with Gasteiger partial charge in [0.25, 0.3) is 5.56 Å². The van der Waals surface area contributed by atoms with Gasteiger partial charge in [0.1, 0.15) is 4.83 Å². The first-order valence-corrected chi connectivity index (χ1v) is 11.9. The molecule has 0 fully saturated rings. The van der Waals surface area contributed by atoms with E-state index in [1.807, 2.05) is 22.9 Å². The Morgan fingerprint density at radius 1 is 1.33 bits per heavy atom. The van der Waals surface area contributed by atoms with E-state index in [0.29, 0.717) is 26.6 Å². The number of ether oxygens (including phenoxy) is 1. The van der Waals surface area contributed by atoms with Crippen LogP contribution in [0.25, 0.3) is 20.7 Å². The Bertz CT molecular complexity index is 1200. The molecule has 0 aromatic carbocycles. The monoisotopic (exact) mass is 462 g/mol. The molecule has 1 atom stereocenters. The number of aromatic nitrogens is 2. The molecule has 0 spiro atoms. The minimum Gasteiger partial charge on any atom is -0.463 e. The van der Waals surface area contributed by atoms with Crippen molar-refractivity contribution in [3.05, 3.63) is 44.5 Å². The van der Waals surface area contributed by atoms with Crippen LogP contribution in [-0.4, -0.2) is 40.4 Å². The number of aromatic amines is 1. The topological polar surface area (TPSA) is 113 Å². The van der Waals surface area contributed by atoms with E-state index >= 15 is 0 Å². The van der Waals surface area contributed by atoms with Crippen molar-refractivity contribution >= 4 is 56.7 Å². The molecule has 0 aliphatic carbocycles. The summed E-state index contributed by atoms with van der Waals surface area (Å²) in [6, 6.07) is 3.05. The third-order valence-electron chi connectivity index (χ3n) is 4.43. The largest absolute Gasteiger partial charge is 0.463 e. The molecule has 3 aromatic rings. The van der Waals surface area contributed by atoms with E-state index in [0.717, 1.165) is 10.4 Å². The van der Waals surface area contributed by atoms with Crippen LogP contribution < -0.4 is 16.2 Å².